The SMILES string of the molecule is COc1ccc(F)c(C(=O)C2CCCC2)c1. The average Bonchev–Trinajstić information content (AvgIpc) is 2.82. The fourth-order valence-electron chi connectivity index (χ4n) is 2.23. The molecule has 0 amide bonds. The van der Waals surface area contributed by atoms with E-state index in [1.807, 2.05) is 0 Å². The van der Waals surface area contributed by atoms with Gasteiger partial charge in [-0.15, -0.1) is 0 Å². The van der Waals surface area contributed by atoms with Crippen LogP contribution in [-0.2, 0) is 0 Å². The standard InChI is InChI=1S/C13H15FO2/c1-16-10-6-7-12(14)11(8-10)13(15)9-4-2-3-5-9/h6-9H,2-5H2,1H3. The Labute approximate surface area is 94.4 Å². The zero-order valence-electron chi connectivity index (χ0n) is 9.33. The van der Waals surface area contributed by atoms with Crippen molar-refractivity contribution in [3.63, 3.8) is 0 Å². The van der Waals surface area contributed by atoms with Gasteiger partial charge in [0.25, 0.3) is 0 Å². The van der Waals surface area contributed by atoms with Crippen molar-refractivity contribution >= 4 is 5.78 Å². The van der Waals surface area contributed by atoms with Crippen molar-refractivity contribution in [1.29, 1.82) is 0 Å². The lowest BCUT2D eigenvalue weighted by atomic mass is 9.96. The molecule has 0 heterocycles. The van der Waals surface area contributed by atoms with E-state index in [0.717, 1.165) is 25.7 Å². The third-order valence-corrected chi connectivity index (χ3v) is 3.16. The summed E-state index contributed by atoms with van der Waals surface area (Å²) in [7, 11) is 1.51. The molecule has 3 heteroatoms. The summed E-state index contributed by atoms with van der Waals surface area (Å²) in [5, 5.41) is 0. The summed E-state index contributed by atoms with van der Waals surface area (Å²) in [6, 6.07) is 4.32. The van der Waals surface area contributed by atoms with Crippen molar-refractivity contribution in [2.75, 3.05) is 7.11 Å². The molecule has 1 aromatic carbocycles. The Morgan fingerprint density at radius 1 is 1.38 bits per heavy atom. The Morgan fingerprint density at radius 3 is 2.69 bits per heavy atom. The molecule has 2 nitrogen and oxygen atoms in total. The quantitative estimate of drug-likeness (QED) is 0.734. The highest BCUT2D eigenvalue weighted by molar-refractivity contribution is 5.98. The summed E-state index contributed by atoms with van der Waals surface area (Å²) in [6.07, 6.45) is 3.91. The molecular weight excluding hydrogens is 207 g/mol. The summed E-state index contributed by atoms with van der Waals surface area (Å²) < 4.78 is 18.5. The predicted molar refractivity (Wildman–Crippen MR) is 59.2 cm³/mol. The molecule has 0 unspecified atom stereocenters. The summed E-state index contributed by atoms with van der Waals surface area (Å²) in [5.41, 5.74) is 0.172. The normalized spacial score (nSPS) is 16.4. The van der Waals surface area contributed by atoms with E-state index in [2.05, 4.69) is 0 Å². The van der Waals surface area contributed by atoms with Crippen molar-refractivity contribution < 1.29 is 13.9 Å². The van der Waals surface area contributed by atoms with Crippen molar-refractivity contribution in [2.24, 2.45) is 5.92 Å². The summed E-state index contributed by atoms with van der Waals surface area (Å²) in [5.74, 6) is 0.0101. The number of rotatable bonds is 3. The van der Waals surface area contributed by atoms with Gasteiger partial charge in [0.1, 0.15) is 11.6 Å². The number of ether oxygens (including phenoxy) is 1. The molecule has 1 aliphatic carbocycles. The number of hydrogen-bond acceptors (Lipinski definition) is 2. The monoisotopic (exact) mass is 222 g/mol. The molecule has 0 bridgehead atoms. The van der Waals surface area contributed by atoms with Gasteiger partial charge in [-0.1, -0.05) is 12.8 Å². The zero-order chi connectivity index (χ0) is 11.5. The van der Waals surface area contributed by atoms with Gasteiger partial charge in [-0.25, -0.2) is 4.39 Å². The third-order valence-electron chi connectivity index (χ3n) is 3.16. The first-order chi connectivity index (χ1) is 7.72. The minimum Gasteiger partial charge on any atom is -0.497 e. The molecule has 2 rings (SSSR count). The van der Waals surface area contributed by atoms with Gasteiger partial charge in [-0.3, -0.25) is 4.79 Å². The number of halogens is 1. The number of carbonyl (C=O) groups is 1. The van der Waals surface area contributed by atoms with Gasteiger partial charge in [-0.05, 0) is 31.0 Å². The number of hydrogen-bond donors (Lipinski definition) is 0. The topological polar surface area (TPSA) is 26.3 Å². The molecule has 0 spiro atoms. The molecule has 0 radical (unpaired) electrons. The van der Waals surface area contributed by atoms with E-state index in [0.29, 0.717) is 5.75 Å². The highest BCUT2D eigenvalue weighted by atomic mass is 19.1. The number of ketones is 1. The summed E-state index contributed by atoms with van der Waals surface area (Å²) in [6.45, 7) is 0. The minimum absolute atomic E-state index is 0.00149. The van der Waals surface area contributed by atoms with E-state index in [9.17, 15) is 9.18 Å². The maximum Gasteiger partial charge on any atom is 0.169 e. The maximum absolute atomic E-state index is 13.5. The molecule has 0 aliphatic heterocycles. The second kappa shape index (κ2) is 4.64. The average molecular weight is 222 g/mol. The fourth-order valence-corrected chi connectivity index (χ4v) is 2.23. The largest absolute Gasteiger partial charge is 0.497 e. The van der Waals surface area contributed by atoms with Crippen molar-refractivity contribution in [3.8, 4) is 5.75 Å². The van der Waals surface area contributed by atoms with Crippen LogP contribution in [0.5, 0.6) is 5.75 Å². The third kappa shape index (κ3) is 2.08. The van der Waals surface area contributed by atoms with Crippen LogP contribution in [0, 0.1) is 11.7 Å². The van der Waals surface area contributed by atoms with Crippen LogP contribution in [-0.4, -0.2) is 12.9 Å². The van der Waals surface area contributed by atoms with E-state index in [1.54, 1.807) is 0 Å². The van der Waals surface area contributed by atoms with E-state index < -0.39 is 5.82 Å². The first-order valence-corrected chi connectivity index (χ1v) is 5.60. The van der Waals surface area contributed by atoms with E-state index in [4.69, 9.17) is 4.74 Å². The first kappa shape index (κ1) is 11.1. The molecule has 0 aromatic heterocycles. The Morgan fingerprint density at radius 2 is 2.06 bits per heavy atom. The van der Waals surface area contributed by atoms with E-state index in [1.165, 1.54) is 25.3 Å². The van der Waals surface area contributed by atoms with Crippen molar-refractivity contribution in [3.05, 3.63) is 29.6 Å². The molecule has 0 atom stereocenters. The highest BCUT2D eigenvalue weighted by Crippen LogP contribution is 2.29. The molecule has 1 saturated carbocycles. The second-order valence-corrected chi connectivity index (χ2v) is 4.19. The van der Waals surface area contributed by atoms with Crippen LogP contribution in [0.4, 0.5) is 4.39 Å². The van der Waals surface area contributed by atoms with Gasteiger partial charge in [0.2, 0.25) is 0 Å². The van der Waals surface area contributed by atoms with Crippen LogP contribution in [0.25, 0.3) is 0 Å². The lowest BCUT2D eigenvalue weighted by Gasteiger charge is -2.10. The van der Waals surface area contributed by atoms with Crippen LogP contribution in [0.2, 0.25) is 0 Å². The lowest BCUT2D eigenvalue weighted by Crippen LogP contribution is -2.13. The molecular formula is C13H15FO2. The molecule has 1 aliphatic rings. The molecule has 1 aromatic rings. The van der Waals surface area contributed by atoms with Crippen LogP contribution in [0.3, 0.4) is 0 Å². The Hall–Kier alpha value is -1.38. The lowest BCUT2D eigenvalue weighted by molar-refractivity contribution is 0.0918. The number of methoxy groups -OCH3 is 1. The Balaban J connectivity index is 2.27. The van der Waals surface area contributed by atoms with Gasteiger partial charge in [0, 0.05) is 5.92 Å². The Bertz CT molecular complexity index is 395. The van der Waals surface area contributed by atoms with Crippen molar-refractivity contribution in [1.82, 2.24) is 0 Å². The van der Waals surface area contributed by atoms with Gasteiger partial charge in [0.15, 0.2) is 5.78 Å². The van der Waals surface area contributed by atoms with E-state index >= 15 is 0 Å². The molecule has 0 N–H and O–H groups in total. The van der Waals surface area contributed by atoms with Gasteiger partial charge in [0.05, 0.1) is 12.7 Å². The maximum atomic E-state index is 13.5. The number of Topliss-reactive ketones (excluding diaryl/α,β-unsaturated/α-hetero) is 1. The van der Waals surface area contributed by atoms with Gasteiger partial charge < -0.3 is 4.74 Å². The number of carbonyl (C=O) groups excluding carboxylic acids is 1. The zero-order valence-corrected chi connectivity index (χ0v) is 9.33. The fraction of sp³-hybridized carbons (Fsp3) is 0.462. The molecule has 0 saturated heterocycles. The molecule has 16 heavy (non-hydrogen) atoms. The van der Waals surface area contributed by atoms with Gasteiger partial charge in [-0.2, -0.15) is 0 Å². The smallest absolute Gasteiger partial charge is 0.169 e. The molecule has 86 valence electrons. The van der Waals surface area contributed by atoms with Crippen LogP contribution < -0.4 is 4.74 Å². The van der Waals surface area contributed by atoms with Crippen molar-refractivity contribution in [2.45, 2.75) is 25.7 Å². The minimum atomic E-state index is -0.447. The highest BCUT2D eigenvalue weighted by Gasteiger charge is 2.26. The van der Waals surface area contributed by atoms with Crippen LogP contribution in [0.15, 0.2) is 18.2 Å². The first-order valence-electron chi connectivity index (χ1n) is 5.60. The van der Waals surface area contributed by atoms with Crippen LogP contribution in [0.1, 0.15) is 36.0 Å². The van der Waals surface area contributed by atoms with E-state index in [-0.39, 0.29) is 17.3 Å². The predicted octanol–water partition coefficient (Wildman–Crippen LogP) is 3.21. The number of benzene rings is 1. The second-order valence-electron chi connectivity index (χ2n) is 4.19. The van der Waals surface area contributed by atoms with Crippen LogP contribution >= 0.6 is 0 Å². The van der Waals surface area contributed by atoms with Gasteiger partial charge >= 0.3 is 0 Å². The molecule has 1 fully saturated rings. The Kier molecular flexibility index (Phi) is 3.22. The summed E-state index contributed by atoms with van der Waals surface area (Å²) in [4.78, 5) is 12.0. The summed E-state index contributed by atoms with van der Waals surface area (Å²) >= 11 is 0.